The molecule has 0 aromatic carbocycles. The summed E-state index contributed by atoms with van der Waals surface area (Å²) in [6.07, 6.45) is 4.86. The van der Waals surface area contributed by atoms with Gasteiger partial charge in [-0.2, -0.15) is 0 Å². The first kappa shape index (κ1) is 17.9. The largest absolute Gasteiger partial charge is 0.329 e. The average molecular weight is 256 g/mol. The summed E-state index contributed by atoms with van der Waals surface area (Å²) in [5, 5.41) is 3.81. The first-order chi connectivity index (χ1) is 8.42. The van der Waals surface area contributed by atoms with E-state index in [-0.39, 0.29) is 5.54 Å². The second kappa shape index (κ2) is 8.92. The lowest BCUT2D eigenvalue weighted by atomic mass is 9.83. The van der Waals surface area contributed by atoms with Crippen LogP contribution < -0.4 is 11.1 Å². The van der Waals surface area contributed by atoms with Crippen LogP contribution in [0, 0.1) is 17.8 Å². The van der Waals surface area contributed by atoms with Gasteiger partial charge in [-0.25, -0.2) is 0 Å². The van der Waals surface area contributed by atoms with Gasteiger partial charge in [0.05, 0.1) is 0 Å². The first-order valence-electron chi connectivity index (χ1n) is 7.87. The van der Waals surface area contributed by atoms with Crippen LogP contribution in [0.25, 0.3) is 0 Å². The fourth-order valence-electron chi connectivity index (χ4n) is 2.80. The highest BCUT2D eigenvalue weighted by atomic mass is 15.0. The molecule has 0 rings (SSSR count). The zero-order valence-electron chi connectivity index (χ0n) is 13.6. The molecule has 0 spiro atoms. The Hall–Kier alpha value is -0.0800. The maximum Gasteiger partial charge on any atom is 0.0301 e. The van der Waals surface area contributed by atoms with Crippen molar-refractivity contribution in [1.29, 1.82) is 0 Å². The molecule has 1 atom stereocenters. The third kappa shape index (κ3) is 5.71. The summed E-state index contributed by atoms with van der Waals surface area (Å²) in [7, 11) is 0. The predicted octanol–water partition coefficient (Wildman–Crippen LogP) is 3.80. The predicted molar refractivity (Wildman–Crippen MR) is 82.8 cm³/mol. The molecule has 0 aliphatic heterocycles. The topological polar surface area (TPSA) is 38.0 Å². The third-order valence-electron chi connectivity index (χ3n) is 4.50. The highest BCUT2D eigenvalue weighted by Crippen LogP contribution is 2.23. The van der Waals surface area contributed by atoms with Crippen molar-refractivity contribution >= 4 is 0 Å². The Morgan fingerprint density at radius 2 is 1.61 bits per heavy atom. The van der Waals surface area contributed by atoms with Crippen molar-refractivity contribution in [2.45, 2.75) is 72.8 Å². The van der Waals surface area contributed by atoms with E-state index >= 15 is 0 Å². The molecule has 0 aromatic rings. The fourth-order valence-corrected chi connectivity index (χ4v) is 2.80. The molecule has 0 fully saturated rings. The Kier molecular flexibility index (Phi) is 8.89. The van der Waals surface area contributed by atoms with Gasteiger partial charge in [-0.05, 0) is 37.1 Å². The van der Waals surface area contributed by atoms with E-state index in [0.717, 1.165) is 37.3 Å². The van der Waals surface area contributed by atoms with Crippen LogP contribution in [-0.4, -0.2) is 18.6 Å². The Labute approximate surface area is 115 Å². The summed E-state index contributed by atoms with van der Waals surface area (Å²) in [6, 6.07) is 0. The van der Waals surface area contributed by atoms with E-state index < -0.39 is 0 Å². The molecule has 3 N–H and O–H groups in total. The number of nitrogens with one attached hydrogen (secondary N) is 1. The van der Waals surface area contributed by atoms with Gasteiger partial charge in [0.2, 0.25) is 0 Å². The fraction of sp³-hybridized carbons (Fsp3) is 1.00. The van der Waals surface area contributed by atoms with Crippen LogP contribution in [0.4, 0.5) is 0 Å². The molecule has 0 radical (unpaired) electrons. The number of unbranched alkanes of at least 4 members (excludes halogenated alkanes) is 1. The van der Waals surface area contributed by atoms with Crippen LogP contribution >= 0.6 is 0 Å². The van der Waals surface area contributed by atoms with Crippen LogP contribution in [0.3, 0.4) is 0 Å². The minimum atomic E-state index is 0.165. The van der Waals surface area contributed by atoms with Crippen molar-refractivity contribution in [3.63, 3.8) is 0 Å². The quantitative estimate of drug-likeness (QED) is 0.624. The molecule has 1 unspecified atom stereocenters. The van der Waals surface area contributed by atoms with Crippen molar-refractivity contribution in [3.8, 4) is 0 Å². The molecule has 0 bridgehead atoms. The average Bonchev–Trinajstić information content (AvgIpc) is 2.33. The second-order valence-electron chi connectivity index (χ2n) is 6.47. The van der Waals surface area contributed by atoms with Crippen molar-refractivity contribution in [3.05, 3.63) is 0 Å². The highest BCUT2D eigenvalue weighted by Gasteiger charge is 2.27. The second-order valence-corrected chi connectivity index (χ2v) is 6.47. The van der Waals surface area contributed by atoms with Crippen LogP contribution in [0.15, 0.2) is 0 Å². The van der Waals surface area contributed by atoms with Gasteiger partial charge >= 0.3 is 0 Å². The Bertz CT molecular complexity index is 187. The Morgan fingerprint density at radius 3 is 1.94 bits per heavy atom. The normalized spacial score (nSPS) is 15.7. The molecule has 0 aliphatic carbocycles. The number of rotatable bonds is 10. The SMILES string of the molecule is CCCCC(CC)(CN)NCC(C(C)C)C(C)C. The van der Waals surface area contributed by atoms with E-state index in [2.05, 4.69) is 46.9 Å². The molecule has 18 heavy (non-hydrogen) atoms. The third-order valence-corrected chi connectivity index (χ3v) is 4.50. The summed E-state index contributed by atoms with van der Waals surface area (Å²) in [4.78, 5) is 0. The van der Waals surface area contributed by atoms with Crippen LogP contribution in [0.1, 0.15) is 67.2 Å². The lowest BCUT2D eigenvalue weighted by Gasteiger charge is -2.36. The zero-order valence-corrected chi connectivity index (χ0v) is 13.6. The van der Waals surface area contributed by atoms with Gasteiger partial charge in [-0.3, -0.25) is 0 Å². The van der Waals surface area contributed by atoms with Gasteiger partial charge < -0.3 is 11.1 Å². The van der Waals surface area contributed by atoms with Gasteiger partial charge in [0.15, 0.2) is 0 Å². The van der Waals surface area contributed by atoms with E-state index in [4.69, 9.17) is 5.73 Å². The molecule has 0 amide bonds. The summed E-state index contributed by atoms with van der Waals surface area (Å²) in [5.41, 5.74) is 6.20. The molecular weight excluding hydrogens is 220 g/mol. The van der Waals surface area contributed by atoms with Crippen LogP contribution in [-0.2, 0) is 0 Å². The first-order valence-corrected chi connectivity index (χ1v) is 7.87. The lowest BCUT2D eigenvalue weighted by molar-refractivity contribution is 0.216. The maximum atomic E-state index is 6.03. The van der Waals surface area contributed by atoms with Gasteiger partial charge in [0.1, 0.15) is 0 Å². The monoisotopic (exact) mass is 256 g/mol. The van der Waals surface area contributed by atoms with Crippen LogP contribution in [0.5, 0.6) is 0 Å². The summed E-state index contributed by atoms with van der Waals surface area (Å²) < 4.78 is 0. The van der Waals surface area contributed by atoms with Gasteiger partial charge in [0.25, 0.3) is 0 Å². The molecule has 0 heterocycles. The molecule has 2 heteroatoms. The van der Waals surface area contributed by atoms with Crippen molar-refractivity contribution in [1.82, 2.24) is 5.32 Å². The molecular formula is C16H36N2. The van der Waals surface area contributed by atoms with Crippen LogP contribution in [0.2, 0.25) is 0 Å². The molecule has 0 saturated carbocycles. The van der Waals surface area contributed by atoms with Gasteiger partial charge in [-0.1, -0.05) is 54.4 Å². The standard InChI is InChI=1S/C16H36N2/c1-7-9-10-16(8-2,12-17)18-11-15(13(3)4)14(5)6/h13-15,18H,7-12,17H2,1-6H3. The summed E-state index contributed by atoms with van der Waals surface area (Å²) >= 11 is 0. The van der Waals surface area contributed by atoms with Crippen molar-refractivity contribution in [2.24, 2.45) is 23.5 Å². The van der Waals surface area contributed by atoms with Gasteiger partial charge in [0, 0.05) is 12.1 Å². The Balaban J connectivity index is 4.48. The molecule has 110 valence electrons. The van der Waals surface area contributed by atoms with Crippen molar-refractivity contribution < 1.29 is 0 Å². The smallest absolute Gasteiger partial charge is 0.0301 e. The number of hydrogen-bond donors (Lipinski definition) is 2. The molecule has 2 nitrogen and oxygen atoms in total. The molecule has 0 saturated heterocycles. The minimum Gasteiger partial charge on any atom is -0.329 e. The highest BCUT2D eigenvalue weighted by molar-refractivity contribution is 4.89. The Morgan fingerprint density at radius 1 is 1.06 bits per heavy atom. The number of nitrogens with two attached hydrogens (primary N) is 1. The van der Waals surface area contributed by atoms with Crippen molar-refractivity contribution in [2.75, 3.05) is 13.1 Å². The summed E-state index contributed by atoms with van der Waals surface area (Å²) in [6.45, 7) is 15.7. The number of hydrogen-bond acceptors (Lipinski definition) is 2. The van der Waals surface area contributed by atoms with E-state index in [9.17, 15) is 0 Å². The van der Waals surface area contributed by atoms with E-state index in [0.29, 0.717) is 0 Å². The van der Waals surface area contributed by atoms with E-state index in [1.165, 1.54) is 19.3 Å². The molecule has 0 aromatic heterocycles. The summed E-state index contributed by atoms with van der Waals surface area (Å²) in [5.74, 6) is 2.20. The molecule has 0 aliphatic rings. The van der Waals surface area contributed by atoms with E-state index in [1.807, 2.05) is 0 Å². The maximum absolute atomic E-state index is 6.03. The van der Waals surface area contributed by atoms with E-state index in [1.54, 1.807) is 0 Å². The lowest BCUT2D eigenvalue weighted by Crippen LogP contribution is -2.53. The minimum absolute atomic E-state index is 0.165. The zero-order chi connectivity index (χ0) is 14.2. The van der Waals surface area contributed by atoms with Gasteiger partial charge in [-0.15, -0.1) is 0 Å².